The molecule has 0 unspecified atom stereocenters. The number of ether oxygens (including phenoxy) is 1. The van der Waals surface area contributed by atoms with Crippen molar-refractivity contribution in [1.29, 1.82) is 0 Å². The van der Waals surface area contributed by atoms with Crippen LogP contribution in [-0.4, -0.2) is 15.9 Å². The van der Waals surface area contributed by atoms with Crippen molar-refractivity contribution in [3.63, 3.8) is 0 Å². The van der Waals surface area contributed by atoms with Crippen LogP contribution in [0.5, 0.6) is 11.6 Å². The molecule has 0 atom stereocenters. The monoisotopic (exact) mass is 361 g/mol. The number of para-hydroxylation sites is 1. The van der Waals surface area contributed by atoms with E-state index in [0.717, 1.165) is 16.5 Å². The van der Waals surface area contributed by atoms with Crippen LogP contribution in [0.2, 0.25) is 0 Å². The third-order valence-electron chi connectivity index (χ3n) is 4.08. The molecule has 1 amide bonds. The first-order valence-electron chi connectivity index (χ1n) is 8.42. The van der Waals surface area contributed by atoms with Crippen molar-refractivity contribution >= 4 is 22.5 Å². The number of nitrogens with zero attached hydrogens (tertiary/aromatic N) is 1. The Hall–Kier alpha value is -3.67. The lowest BCUT2D eigenvalue weighted by molar-refractivity contribution is -0.115. The fourth-order valence-corrected chi connectivity index (χ4v) is 2.79. The molecule has 134 valence electrons. The molecule has 4 aromatic rings. The number of aromatic nitrogens is 2. The molecule has 4 rings (SSSR count). The molecule has 27 heavy (non-hydrogen) atoms. The van der Waals surface area contributed by atoms with Gasteiger partial charge in [0.25, 0.3) is 0 Å². The largest absolute Gasteiger partial charge is 0.439 e. The summed E-state index contributed by atoms with van der Waals surface area (Å²) in [6.07, 6.45) is 3.63. The lowest BCUT2D eigenvalue weighted by Gasteiger charge is -2.07. The highest BCUT2D eigenvalue weighted by atomic mass is 19.1. The minimum atomic E-state index is -0.330. The van der Waals surface area contributed by atoms with Gasteiger partial charge < -0.3 is 15.0 Å². The molecule has 0 aliphatic rings. The van der Waals surface area contributed by atoms with Crippen LogP contribution in [0, 0.1) is 5.82 Å². The van der Waals surface area contributed by atoms with E-state index in [0.29, 0.717) is 17.3 Å². The Morgan fingerprint density at radius 3 is 2.67 bits per heavy atom. The number of amides is 1. The van der Waals surface area contributed by atoms with E-state index in [1.54, 1.807) is 12.1 Å². The van der Waals surface area contributed by atoms with Crippen molar-refractivity contribution < 1.29 is 13.9 Å². The minimum absolute atomic E-state index is 0.131. The lowest BCUT2D eigenvalue weighted by Crippen LogP contribution is -2.14. The third kappa shape index (κ3) is 3.95. The Kier molecular flexibility index (Phi) is 4.53. The summed E-state index contributed by atoms with van der Waals surface area (Å²) in [5, 5.41) is 3.86. The quantitative estimate of drug-likeness (QED) is 0.543. The second-order valence-corrected chi connectivity index (χ2v) is 6.03. The highest BCUT2D eigenvalue weighted by Gasteiger charge is 2.09. The van der Waals surface area contributed by atoms with E-state index in [4.69, 9.17) is 4.74 Å². The van der Waals surface area contributed by atoms with Crippen LogP contribution in [-0.2, 0) is 11.2 Å². The fourth-order valence-electron chi connectivity index (χ4n) is 2.79. The summed E-state index contributed by atoms with van der Waals surface area (Å²) in [7, 11) is 0. The number of hydrogen-bond donors (Lipinski definition) is 2. The maximum Gasteiger partial charge on any atom is 0.228 e. The molecule has 0 radical (unpaired) electrons. The molecule has 0 saturated carbocycles. The first-order valence-corrected chi connectivity index (χ1v) is 8.42. The number of carbonyl (C=O) groups is 1. The average molecular weight is 361 g/mol. The van der Waals surface area contributed by atoms with Gasteiger partial charge in [0.15, 0.2) is 0 Å². The second-order valence-electron chi connectivity index (χ2n) is 6.03. The number of halogens is 1. The molecular weight excluding hydrogens is 345 g/mol. The smallest absolute Gasteiger partial charge is 0.228 e. The van der Waals surface area contributed by atoms with Crippen LogP contribution >= 0.6 is 0 Å². The minimum Gasteiger partial charge on any atom is -0.439 e. The Labute approximate surface area is 154 Å². The van der Waals surface area contributed by atoms with E-state index in [1.165, 1.54) is 30.5 Å². The standard InChI is InChI=1S/C21H16FN3O2/c22-15-5-8-17(9-6-15)27-21-10-7-16(13-24-21)25-20(26)11-14-12-23-19-4-2-1-3-18(14)19/h1-10,12-13,23H,11H2,(H,25,26). The zero-order chi connectivity index (χ0) is 18.6. The summed E-state index contributed by atoms with van der Waals surface area (Å²) in [4.78, 5) is 19.6. The molecule has 2 N–H and O–H groups in total. The summed E-state index contributed by atoms with van der Waals surface area (Å²) in [6.45, 7) is 0. The van der Waals surface area contributed by atoms with Crippen LogP contribution in [0.1, 0.15) is 5.56 Å². The van der Waals surface area contributed by atoms with Crippen molar-refractivity contribution in [2.24, 2.45) is 0 Å². The predicted molar refractivity (Wildman–Crippen MR) is 101 cm³/mol. The number of carbonyl (C=O) groups excluding carboxylic acids is 1. The second kappa shape index (κ2) is 7.29. The van der Waals surface area contributed by atoms with Crippen LogP contribution < -0.4 is 10.1 Å². The molecule has 0 saturated heterocycles. The van der Waals surface area contributed by atoms with E-state index in [1.807, 2.05) is 30.5 Å². The van der Waals surface area contributed by atoms with Crippen molar-refractivity contribution in [2.45, 2.75) is 6.42 Å². The SMILES string of the molecule is O=C(Cc1c[nH]c2ccccc12)Nc1ccc(Oc2ccc(F)cc2)nc1. The summed E-state index contributed by atoms with van der Waals surface area (Å²) in [6, 6.07) is 16.9. The maximum atomic E-state index is 12.9. The van der Waals surface area contributed by atoms with E-state index < -0.39 is 0 Å². The number of anilines is 1. The first kappa shape index (κ1) is 16.8. The summed E-state index contributed by atoms with van der Waals surface area (Å²) < 4.78 is 18.4. The van der Waals surface area contributed by atoms with E-state index >= 15 is 0 Å². The molecule has 0 bridgehead atoms. The van der Waals surface area contributed by atoms with Crippen LogP contribution in [0.25, 0.3) is 10.9 Å². The Morgan fingerprint density at radius 1 is 1.07 bits per heavy atom. The molecule has 2 aromatic carbocycles. The zero-order valence-electron chi connectivity index (χ0n) is 14.3. The van der Waals surface area contributed by atoms with Gasteiger partial charge in [-0.3, -0.25) is 4.79 Å². The van der Waals surface area contributed by atoms with Gasteiger partial charge in [-0.05, 0) is 42.0 Å². The third-order valence-corrected chi connectivity index (χ3v) is 4.08. The van der Waals surface area contributed by atoms with Gasteiger partial charge in [-0.25, -0.2) is 9.37 Å². The van der Waals surface area contributed by atoms with Gasteiger partial charge in [-0.15, -0.1) is 0 Å². The first-order chi connectivity index (χ1) is 13.2. The number of H-pyrrole nitrogens is 1. The van der Waals surface area contributed by atoms with Crippen molar-refractivity contribution in [3.8, 4) is 11.6 Å². The van der Waals surface area contributed by atoms with E-state index in [2.05, 4.69) is 15.3 Å². The fraction of sp³-hybridized carbons (Fsp3) is 0.0476. The molecule has 0 spiro atoms. The van der Waals surface area contributed by atoms with Crippen LogP contribution in [0.15, 0.2) is 73.1 Å². The summed E-state index contributed by atoms with van der Waals surface area (Å²) >= 11 is 0. The van der Waals surface area contributed by atoms with Gasteiger partial charge >= 0.3 is 0 Å². The van der Waals surface area contributed by atoms with Gasteiger partial charge in [-0.1, -0.05) is 18.2 Å². The van der Waals surface area contributed by atoms with E-state index in [9.17, 15) is 9.18 Å². The summed E-state index contributed by atoms with van der Waals surface area (Å²) in [5.41, 5.74) is 2.52. The normalized spacial score (nSPS) is 10.7. The van der Waals surface area contributed by atoms with Gasteiger partial charge in [0.2, 0.25) is 11.8 Å². The molecular formula is C21H16FN3O2. The molecule has 0 fully saturated rings. The van der Waals surface area contributed by atoms with Crippen molar-refractivity contribution in [1.82, 2.24) is 9.97 Å². The Morgan fingerprint density at radius 2 is 1.89 bits per heavy atom. The number of rotatable bonds is 5. The number of pyridine rings is 1. The van der Waals surface area contributed by atoms with Gasteiger partial charge in [0, 0.05) is 23.2 Å². The Balaban J connectivity index is 1.39. The lowest BCUT2D eigenvalue weighted by atomic mass is 10.1. The van der Waals surface area contributed by atoms with Crippen molar-refractivity contribution in [3.05, 3.63) is 84.4 Å². The maximum absolute atomic E-state index is 12.9. The number of hydrogen-bond acceptors (Lipinski definition) is 3. The molecule has 2 heterocycles. The van der Waals surface area contributed by atoms with Crippen LogP contribution in [0.3, 0.4) is 0 Å². The highest BCUT2D eigenvalue weighted by molar-refractivity contribution is 5.95. The molecule has 5 nitrogen and oxygen atoms in total. The van der Waals surface area contributed by atoms with Gasteiger partial charge in [0.1, 0.15) is 11.6 Å². The molecule has 0 aliphatic heterocycles. The number of aromatic amines is 1. The highest BCUT2D eigenvalue weighted by Crippen LogP contribution is 2.21. The zero-order valence-corrected chi connectivity index (χ0v) is 14.3. The number of nitrogens with one attached hydrogen (secondary N) is 2. The molecule has 2 aromatic heterocycles. The molecule has 0 aliphatic carbocycles. The summed E-state index contributed by atoms with van der Waals surface area (Å²) in [5.74, 6) is 0.383. The van der Waals surface area contributed by atoms with E-state index in [-0.39, 0.29) is 18.1 Å². The number of benzene rings is 2. The number of fused-ring (bicyclic) bond motifs is 1. The molecule has 6 heteroatoms. The van der Waals surface area contributed by atoms with Gasteiger partial charge in [0.05, 0.1) is 18.3 Å². The average Bonchev–Trinajstić information content (AvgIpc) is 3.08. The van der Waals surface area contributed by atoms with Crippen LogP contribution in [0.4, 0.5) is 10.1 Å². The predicted octanol–water partition coefficient (Wildman–Crippen LogP) is 4.68. The van der Waals surface area contributed by atoms with Gasteiger partial charge in [-0.2, -0.15) is 0 Å². The Bertz CT molecular complexity index is 1070. The van der Waals surface area contributed by atoms with Crippen molar-refractivity contribution in [2.75, 3.05) is 5.32 Å². The topological polar surface area (TPSA) is 67.0 Å².